The lowest BCUT2D eigenvalue weighted by atomic mass is 10.1. The SMILES string of the molecule is Oc1ccc(SCc2cccc(Cl)n2)c2ccccc12. The monoisotopic (exact) mass is 301 g/mol. The summed E-state index contributed by atoms with van der Waals surface area (Å²) in [6.07, 6.45) is 0. The van der Waals surface area contributed by atoms with Gasteiger partial charge in [-0.3, -0.25) is 0 Å². The van der Waals surface area contributed by atoms with Crippen LogP contribution in [0.5, 0.6) is 5.75 Å². The number of thioether (sulfide) groups is 1. The zero-order valence-corrected chi connectivity index (χ0v) is 12.2. The van der Waals surface area contributed by atoms with Crippen molar-refractivity contribution in [1.82, 2.24) is 4.98 Å². The fraction of sp³-hybridized carbons (Fsp3) is 0.0625. The number of pyridine rings is 1. The minimum Gasteiger partial charge on any atom is -0.507 e. The number of hydrogen-bond acceptors (Lipinski definition) is 3. The van der Waals surface area contributed by atoms with Gasteiger partial charge in [0.1, 0.15) is 10.9 Å². The third-order valence-corrected chi connectivity index (χ3v) is 4.33. The van der Waals surface area contributed by atoms with Crippen LogP contribution in [0.15, 0.2) is 59.5 Å². The van der Waals surface area contributed by atoms with E-state index in [9.17, 15) is 5.11 Å². The van der Waals surface area contributed by atoms with Crippen molar-refractivity contribution in [2.24, 2.45) is 0 Å². The summed E-state index contributed by atoms with van der Waals surface area (Å²) in [4.78, 5) is 5.41. The maximum atomic E-state index is 9.88. The molecule has 0 saturated carbocycles. The van der Waals surface area contributed by atoms with Gasteiger partial charge in [0, 0.05) is 16.0 Å². The van der Waals surface area contributed by atoms with Crippen LogP contribution in [0.4, 0.5) is 0 Å². The summed E-state index contributed by atoms with van der Waals surface area (Å²) in [7, 11) is 0. The second-order valence-corrected chi connectivity index (χ2v) is 5.77. The average molecular weight is 302 g/mol. The molecule has 0 aliphatic rings. The number of aromatic hydroxyl groups is 1. The molecule has 100 valence electrons. The molecular weight excluding hydrogens is 290 g/mol. The van der Waals surface area contributed by atoms with E-state index in [0.717, 1.165) is 27.1 Å². The van der Waals surface area contributed by atoms with Gasteiger partial charge in [0.05, 0.1) is 5.69 Å². The van der Waals surface area contributed by atoms with Gasteiger partial charge < -0.3 is 5.11 Å². The number of phenolic OH excluding ortho intramolecular Hbond substituents is 1. The van der Waals surface area contributed by atoms with E-state index in [1.807, 2.05) is 42.5 Å². The first-order valence-corrected chi connectivity index (χ1v) is 7.55. The number of nitrogens with zero attached hydrogens (tertiary/aromatic N) is 1. The molecule has 1 heterocycles. The van der Waals surface area contributed by atoms with Gasteiger partial charge in [-0.25, -0.2) is 4.98 Å². The van der Waals surface area contributed by atoms with E-state index >= 15 is 0 Å². The van der Waals surface area contributed by atoms with Gasteiger partial charge in [-0.2, -0.15) is 0 Å². The molecule has 0 aliphatic heterocycles. The molecule has 0 amide bonds. The third kappa shape index (κ3) is 2.74. The molecule has 0 bridgehead atoms. The molecule has 0 spiro atoms. The first-order chi connectivity index (χ1) is 9.74. The Balaban J connectivity index is 1.90. The molecule has 0 radical (unpaired) electrons. The molecule has 0 unspecified atom stereocenters. The molecule has 20 heavy (non-hydrogen) atoms. The summed E-state index contributed by atoms with van der Waals surface area (Å²) in [5.74, 6) is 1.06. The van der Waals surface area contributed by atoms with E-state index in [-0.39, 0.29) is 0 Å². The van der Waals surface area contributed by atoms with E-state index < -0.39 is 0 Å². The van der Waals surface area contributed by atoms with Crippen molar-refractivity contribution < 1.29 is 5.11 Å². The van der Waals surface area contributed by atoms with Gasteiger partial charge in [-0.1, -0.05) is 41.9 Å². The van der Waals surface area contributed by atoms with Crippen LogP contribution in [0.2, 0.25) is 5.15 Å². The largest absolute Gasteiger partial charge is 0.507 e. The van der Waals surface area contributed by atoms with Crippen LogP contribution in [-0.4, -0.2) is 10.1 Å². The molecule has 0 atom stereocenters. The summed E-state index contributed by atoms with van der Waals surface area (Å²) in [5, 5.41) is 12.3. The van der Waals surface area contributed by atoms with Gasteiger partial charge in [-0.05, 0) is 29.7 Å². The fourth-order valence-electron chi connectivity index (χ4n) is 2.06. The van der Waals surface area contributed by atoms with Gasteiger partial charge in [0.25, 0.3) is 0 Å². The second-order valence-electron chi connectivity index (χ2n) is 4.37. The number of benzene rings is 2. The lowest BCUT2D eigenvalue weighted by Crippen LogP contribution is -1.87. The predicted octanol–water partition coefficient (Wildman–Crippen LogP) is 4.89. The van der Waals surface area contributed by atoms with E-state index in [1.54, 1.807) is 23.9 Å². The van der Waals surface area contributed by atoms with Gasteiger partial charge in [0.2, 0.25) is 0 Å². The van der Waals surface area contributed by atoms with Crippen molar-refractivity contribution in [2.75, 3.05) is 0 Å². The molecule has 1 aromatic heterocycles. The molecule has 0 fully saturated rings. The summed E-state index contributed by atoms with van der Waals surface area (Å²) in [5.41, 5.74) is 0.944. The standard InChI is InChI=1S/C16H12ClNOS/c17-16-7-3-4-11(18-16)10-20-15-9-8-14(19)12-5-1-2-6-13(12)15/h1-9,19H,10H2. The quantitative estimate of drug-likeness (QED) is 0.552. The topological polar surface area (TPSA) is 33.1 Å². The highest BCUT2D eigenvalue weighted by molar-refractivity contribution is 7.98. The molecule has 2 aromatic carbocycles. The molecule has 4 heteroatoms. The van der Waals surface area contributed by atoms with Crippen LogP contribution in [0.1, 0.15) is 5.69 Å². The van der Waals surface area contributed by atoms with Gasteiger partial charge in [0.15, 0.2) is 0 Å². The highest BCUT2D eigenvalue weighted by Crippen LogP contribution is 2.34. The number of halogens is 1. The Morgan fingerprint density at radius 3 is 2.55 bits per heavy atom. The van der Waals surface area contributed by atoms with Crippen molar-refractivity contribution >= 4 is 34.1 Å². The number of phenols is 1. The Hall–Kier alpha value is -1.71. The van der Waals surface area contributed by atoms with Crippen molar-refractivity contribution in [1.29, 1.82) is 0 Å². The van der Waals surface area contributed by atoms with E-state index in [1.165, 1.54) is 0 Å². The van der Waals surface area contributed by atoms with Crippen LogP contribution < -0.4 is 0 Å². The minimum atomic E-state index is 0.311. The number of aromatic nitrogens is 1. The first kappa shape index (κ1) is 13.3. The number of rotatable bonds is 3. The van der Waals surface area contributed by atoms with Crippen molar-refractivity contribution in [2.45, 2.75) is 10.6 Å². The van der Waals surface area contributed by atoms with Gasteiger partial charge in [-0.15, -0.1) is 11.8 Å². The average Bonchev–Trinajstić information content (AvgIpc) is 2.47. The smallest absolute Gasteiger partial charge is 0.129 e. The highest BCUT2D eigenvalue weighted by Gasteiger charge is 2.06. The zero-order valence-electron chi connectivity index (χ0n) is 10.6. The van der Waals surface area contributed by atoms with Crippen molar-refractivity contribution in [3.63, 3.8) is 0 Å². The molecule has 0 saturated heterocycles. The summed E-state index contributed by atoms with van der Waals surface area (Å²) < 4.78 is 0. The summed E-state index contributed by atoms with van der Waals surface area (Å²) >= 11 is 7.58. The predicted molar refractivity (Wildman–Crippen MR) is 84.4 cm³/mol. The normalized spacial score (nSPS) is 10.8. The van der Waals surface area contributed by atoms with E-state index in [2.05, 4.69) is 4.98 Å². The minimum absolute atomic E-state index is 0.311. The molecule has 2 nitrogen and oxygen atoms in total. The molecular formula is C16H12ClNOS. The molecule has 0 aliphatic carbocycles. The van der Waals surface area contributed by atoms with E-state index in [0.29, 0.717) is 10.9 Å². The van der Waals surface area contributed by atoms with Gasteiger partial charge >= 0.3 is 0 Å². The third-order valence-electron chi connectivity index (χ3n) is 3.01. The highest BCUT2D eigenvalue weighted by atomic mass is 35.5. The molecule has 3 aromatic rings. The summed E-state index contributed by atoms with van der Waals surface area (Å²) in [6.45, 7) is 0. The Morgan fingerprint density at radius 2 is 1.75 bits per heavy atom. The Morgan fingerprint density at radius 1 is 0.950 bits per heavy atom. The second kappa shape index (κ2) is 5.73. The number of hydrogen-bond donors (Lipinski definition) is 1. The Kier molecular flexibility index (Phi) is 3.81. The summed E-state index contributed by atoms with van der Waals surface area (Å²) in [6, 6.07) is 17.1. The fourth-order valence-corrected chi connectivity index (χ4v) is 3.21. The Bertz CT molecular complexity index is 760. The molecule has 3 rings (SSSR count). The first-order valence-electron chi connectivity index (χ1n) is 6.19. The van der Waals surface area contributed by atoms with Crippen LogP contribution in [0.25, 0.3) is 10.8 Å². The maximum Gasteiger partial charge on any atom is 0.129 e. The van der Waals surface area contributed by atoms with Crippen molar-refractivity contribution in [3.05, 3.63) is 65.4 Å². The zero-order chi connectivity index (χ0) is 13.9. The Labute approximate surface area is 126 Å². The number of fused-ring (bicyclic) bond motifs is 1. The van der Waals surface area contributed by atoms with Crippen LogP contribution >= 0.6 is 23.4 Å². The van der Waals surface area contributed by atoms with Crippen molar-refractivity contribution in [3.8, 4) is 5.75 Å². The van der Waals surface area contributed by atoms with Crippen LogP contribution in [0.3, 0.4) is 0 Å². The lowest BCUT2D eigenvalue weighted by molar-refractivity contribution is 0.481. The molecule has 1 N–H and O–H groups in total. The lowest BCUT2D eigenvalue weighted by Gasteiger charge is -2.07. The van der Waals surface area contributed by atoms with Crippen LogP contribution in [-0.2, 0) is 5.75 Å². The van der Waals surface area contributed by atoms with Crippen LogP contribution in [0, 0.1) is 0 Å². The maximum absolute atomic E-state index is 9.88. The van der Waals surface area contributed by atoms with E-state index in [4.69, 9.17) is 11.6 Å².